The lowest BCUT2D eigenvalue weighted by molar-refractivity contribution is -0.137. The molecule has 1 saturated carbocycles. The number of fused-ring (bicyclic) bond motifs is 2. The quantitative estimate of drug-likeness (QED) is 0.513. The number of hydrogen-bond acceptors (Lipinski definition) is 3. The van der Waals surface area contributed by atoms with Crippen LogP contribution in [0.15, 0.2) is 0 Å². The van der Waals surface area contributed by atoms with Gasteiger partial charge in [0.1, 0.15) is 8.07 Å². The Labute approximate surface area is 172 Å². The van der Waals surface area contributed by atoms with Gasteiger partial charge in [-0.25, -0.2) is 4.79 Å². The summed E-state index contributed by atoms with van der Waals surface area (Å²) in [6, 6.07) is 1.17. The molecule has 2 heterocycles. The first-order valence-corrected chi connectivity index (χ1v) is 17.9. The fourth-order valence-electron chi connectivity index (χ4n) is 4.00. The SMILES string of the molecule is C[Si](C)(C)C#CC1C[C@H]2C[C@H](CN2C(=O)OCC[Si](C)(C)C)N1C(=O)C1CC1. The van der Waals surface area contributed by atoms with Crippen LogP contribution in [0.5, 0.6) is 0 Å². The number of carbonyl (C=O) groups excluding carboxylic acids is 2. The molecule has 0 N–H and O–H groups in total. The zero-order valence-corrected chi connectivity index (χ0v) is 20.4. The van der Waals surface area contributed by atoms with Gasteiger partial charge in [-0.2, -0.15) is 0 Å². The van der Waals surface area contributed by atoms with Crippen molar-refractivity contribution >= 4 is 28.1 Å². The second-order valence-corrected chi connectivity index (χ2v) is 21.3. The van der Waals surface area contributed by atoms with E-state index in [-0.39, 0.29) is 36.0 Å². The van der Waals surface area contributed by atoms with E-state index in [2.05, 4.69) is 50.7 Å². The predicted molar refractivity (Wildman–Crippen MR) is 117 cm³/mol. The molecule has 3 rings (SSSR count). The van der Waals surface area contributed by atoms with Crippen molar-refractivity contribution in [2.24, 2.45) is 5.92 Å². The molecule has 5 nitrogen and oxygen atoms in total. The highest BCUT2D eigenvalue weighted by Crippen LogP contribution is 2.39. The number of hydrogen-bond donors (Lipinski definition) is 0. The van der Waals surface area contributed by atoms with Crippen LogP contribution in [-0.4, -0.2) is 69.2 Å². The van der Waals surface area contributed by atoms with Crippen molar-refractivity contribution in [1.29, 1.82) is 0 Å². The van der Waals surface area contributed by atoms with Crippen LogP contribution in [0, 0.1) is 17.4 Å². The monoisotopic (exact) mass is 420 g/mol. The molecule has 2 aliphatic heterocycles. The first kappa shape index (κ1) is 21.4. The molecule has 1 unspecified atom stereocenters. The van der Waals surface area contributed by atoms with Gasteiger partial charge in [0.05, 0.1) is 18.7 Å². The lowest BCUT2D eigenvalue weighted by atomic mass is 9.95. The summed E-state index contributed by atoms with van der Waals surface area (Å²) < 4.78 is 5.60. The largest absolute Gasteiger partial charge is 0.450 e. The molecule has 0 radical (unpaired) electrons. The van der Waals surface area contributed by atoms with Gasteiger partial charge in [-0.05, 0) is 31.7 Å². The fourth-order valence-corrected chi connectivity index (χ4v) is 5.31. The van der Waals surface area contributed by atoms with Crippen molar-refractivity contribution in [3.8, 4) is 11.5 Å². The Morgan fingerprint density at radius 2 is 1.71 bits per heavy atom. The van der Waals surface area contributed by atoms with Crippen LogP contribution in [0.2, 0.25) is 45.3 Å². The number of amides is 2. The molecule has 28 heavy (non-hydrogen) atoms. The molecule has 3 fully saturated rings. The van der Waals surface area contributed by atoms with Crippen LogP contribution < -0.4 is 0 Å². The van der Waals surface area contributed by atoms with Gasteiger partial charge in [-0.3, -0.25) is 4.79 Å². The van der Waals surface area contributed by atoms with Gasteiger partial charge in [0, 0.05) is 26.6 Å². The molecule has 3 atom stereocenters. The Balaban J connectivity index is 1.70. The first-order chi connectivity index (χ1) is 12.9. The molecule has 0 aromatic heterocycles. The Morgan fingerprint density at radius 3 is 2.29 bits per heavy atom. The van der Waals surface area contributed by atoms with Crippen molar-refractivity contribution in [2.45, 2.75) is 89.1 Å². The third-order valence-electron chi connectivity index (χ3n) is 5.72. The second-order valence-electron chi connectivity index (χ2n) is 10.9. The van der Waals surface area contributed by atoms with Crippen LogP contribution in [0.3, 0.4) is 0 Å². The lowest BCUT2D eigenvalue weighted by Gasteiger charge is -2.37. The zero-order chi connectivity index (χ0) is 20.7. The summed E-state index contributed by atoms with van der Waals surface area (Å²) in [4.78, 5) is 29.6. The summed E-state index contributed by atoms with van der Waals surface area (Å²) in [5.74, 6) is 3.88. The highest BCUT2D eigenvalue weighted by atomic mass is 28.3. The third kappa shape index (κ3) is 5.41. The minimum Gasteiger partial charge on any atom is -0.450 e. The molecule has 2 amide bonds. The average Bonchev–Trinajstić information content (AvgIpc) is 3.35. The van der Waals surface area contributed by atoms with E-state index in [1.807, 2.05) is 9.80 Å². The fraction of sp³-hybridized carbons (Fsp3) is 0.810. The third-order valence-corrected chi connectivity index (χ3v) is 8.32. The molecule has 3 aliphatic rings. The van der Waals surface area contributed by atoms with E-state index in [0.717, 1.165) is 31.7 Å². The smallest absolute Gasteiger partial charge is 0.410 e. The Kier molecular flexibility index (Phi) is 6.02. The lowest BCUT2D eigenvalue weighted by Crippen LogP contribution is -2.51. The number of nitrogens with zero attached hydrogens (tertiary/aromatic N) is 2. The van der Waals surface area contributed by atoms with Gasteiger partial charge in [0.25, 0.3) is 0 Å². The summed E-state index contributed by atoms with van der Waals surface area (Å²) in [6.45, 7) is 14.6. The number of likely N-dealkylation sites (tertiary alicyclic amines) is 2. The van der Waals surface area contributed by atoms with Gasteiger partial charge in [-0.15, -0.1) is 5.54 Å². The molecule has 0 aromatic rings. The van der Waals surface area contributed by atoms with Gasteiger partial charge < -0.3 is 14.5 Å². The van der Waals surface area contributed by atoms with Gasteiger partial charge in [0.2, 0.25) is 5.91 Å². The predicted octanol–water partition coefficient (Wildman–Crippen LogP) is 3.80. The van der Waals surface area contributed by atoms with E-state index in [9.17, 15) is 9.59 Å². The molecule has 2 saturated heterocycles. The minimum absolute atomic E-state index is 0.0524. The van der Waals surface area contributed by atoms with E-state index in [1.54, 1.807) is 0 Å². The summed E-state index contributed by atoms with van der Waals surface area (Å²) in [5.41, 5.74) is 3.46. The molecule has 156 valence electrons. The molecule has 2 bridgehead atoms. The van der Waals surface area contributed by atoms with E-state index in [4.69, 9.17) is 4.74 Å². The van der Waals surface area contributed by atoms with E-state index >= 15 is 0 Å². The van der Waals surface area contributed by atoms with Crippen LogP contribution in [-0.2, 0) is 9.53 Å². The second kappa shape index (κ2) is 7.87. The van der Waals surface area contributed by atoms with E-state index < -0.39 is 16.1 Å². The number of rotatable bonds is 4. The minimum atomic E-state index is -1.52. The maximum atomic E-state index is 13.0. The summed E-state index contributed by atoms with van der Waals surface area (Å²) >= 11 is 0. The molecular weight excluding hydrogens is 384 g/mol. The topological polar surface area (TPSA) is 49.9 Å². The molecule has 0 aromatic carbocycles. The molecular formula is C21H36N2O3Si2. The van der Waals surface area contributed by atoms with Crippen molar-refractivity contribution in [1.82, 2.24) is 9.80 Å². The Bertz CT molecular complexity index is 682. The van der Waals surface area contributed by atoms with Crippen LogP contribution in [0.4, 0.5) is 4.79 Å². The van der Waals surface area contributed by atoms with E-state index in [1.165, 1.54) is 0 Å². The molecule has 7 heteroatoms. The summed E-state index contributed by atoms with van der Waals surface area (Å²) in [6.07, 6.45) is 3.43. The van der Waals surface area contributed by atoms with Crippen molar-refractivity contribution in [3.05, 3.63) is 0 Å². The Hall–Kier alpha value is -1.27. The van der Waals surface area contributed by atoms with Gasteiger partial charge >= 0.3 is 6.09 Å². The van der Waals surface area contributed by atoms with Crippen molar-refractivity contribution in [3.63, 3.8) is 0 Å². The summed E-state index contributed by atoms with van der Waals surface area (Å²) in [7, 11) is -2.74. The highest BCUT2D eigenvalue weighted by Gasteiger charge is 2.50. The van der Waals surface area contributed by atoms with Crippen molar-refractivity contribution in [2.75, 3.05) is 13.2 Å². The zero-order valence-electron chi connectivity index (χ0n) is 18.4. The van der Waals surface area contributed by atoms with Gasteiger partial charge in [0.15, 0.2) is 0 Å². The van der Waals surface area contributed by atoms with Crippen LogP contribution in [0.25, 0.3) is 0 Å². The molecule has 1 aliphatic carbocycles. The van der Waals surface area contributed by atoms with Crippen LogP contribution >= 0.6 is 0 Å². The number of piperidine rings is 1. The van der Waals surface area contributed by atoms with Gasteiger partial charge in [-0.1, -0.05) is 45.2 Å². The van der Waals surface area contributed by atoms with Crippen molar-refractivity contribution < 1.29 is 14.3 Å². The Morgan fingerprint density at radius 1 is 1.04 bits per heavy atom. The average molecular weight is 421 g/mol. The van der Waals surface area contributed by atoms with E-state index in [0.29, 0.717) is 13.2 Å². The normalized spacial score (nSPS) is 27.3. The standard InChI is InChI=1S/C21H36N2O3Si2/c1-27(2,3)11-9-17-13-18-14-19(23(17)20(24)16-7-8-16)15-22(18)21(25)26-10-12-28(4,5)6/h16-19H,7-8,10,12-15H2,1-6H3/t17?,18-,19+/m0/s1. The number of ether oxygens (including phenoxy) is 1. The highest BCUT2D eigenvalue weighted by molar-refractivity contribution is 6.83. The first-order valence-electron chi connectivity index (χ1n) is 10.7. The number of carbonyl (C=O) groups is 2. The maximum Gasteiger partial charge on any atom is 0.410 e. The molecule has 0 spiro atoms. The van der Waals surface area contributed by atoms with Crippen LogP contribution in [0.1, 0.15) is 25.7 Å². The maximum absolute atomic E-state index is 13.0. The summed E-state index contributed by atoms with van der Waals surface area (Å²) in [5, 5.41) is 0.